The molecule has 1 aliphatic heterocycles. The Kier molecular flexibility index (Phi) is 1.74. The fraction of sp³-hybridized carbons (Fsp3) is 0.250. The molecule has 16 heavy (non-hydrogen) atoms. The van der Waals surface area contributed by atoms with E-state index in [4.69, 9.17) is 5.73 Å². The van der Waals surface area contributed by atoms with E-state index in [0.717, 1.165) is 29.3 Å². The van der Waals surface area contributed by atoms with Crippen LogP contribution in [0.4, 0.5) is 11.4 Å². The van der Waals surface area contributed by atoms with Crippen LogP contribution in [0.15, 0.2) is 24.3 Å². The van der Waals surface area contributed by atoms with Crippen molar-refractivity contribution in [3.05, 3.63) is 35.7 Å². The molecule has 2 N–H and O–H groups in total. The summed E-state index contributed by atoms with van der Waals surface area (Å²) in [4.78, 5) is 2.17. The Morgan fingerprint density at radius 3 is 3.00 bits per heavy atom. The van der Waals surface area contributed by atoms with Gasteiger partial charge in [-0.25, -0.2) is 4.68 Å². The molecule has 0 radical (unpaired) electrons. The number of fused-ring (bicyclic) bond motifs is 3. The highest BCUT2D eigenvalue weighted by Gasteiger charge is 2.22. The van der Waals surface area contributed by atoms with Gasteiger partial charge >= 0.3 is 0 Å². The molecule has 0 fully saturated rings. The zero-order valence-electron chi connectivity index (χ0n) is 9.44. The molecule has 0 bridgehead atoms. The molecule has 4 nitrogen and oxygen atoms in total. The van der Waals surface area contributed by atoms with Crippen molar-refractivity contribution in [2.24, 2.45) is 0 Å². The van der Waals surface area contributed by atoms with E-state index in [1.54, 1.807) is 0 Å². The Morgan fingerprint density at radius 2 is 2.19 bits per heavy atom. The first-order valence-corrected chi connectivity index (χ1v) is 5.32. The third-order valence-electron chi connectivity index (χ3n) is 2.96. The smallest absolute Gasteiger partial charge is 0.0904 e. The van der Waals surface area contributed by atoms with Crippen LogP contribution in [-0.2, 0) is 6.54 Å². The number of nitrogens with zero attached hydrogens (tertiary/aromatic N) is 3. The first kappa shape index (κ1) is 9.27. The molecule has 4 heteroatoms. The van der Waals surface area contributed by atoms with Crippen molar-refractivity contribution >= 4 is 11.4 Å². The van der Waals surface area contributed by atoms with Crippen LogP contribution in [0.1, 0.15) is 11.4 Å². The van der Waals surface area contributed by atoms with Crippen LogP contribution in [-0.4, -0.2) is 16.8 Å². The first-order valence-electron chi connectivity index (χ1n) is 5.32. The third kappa shape index (κ3) is 1.13. The standard InChI is InChI=1S/C12H14N4/c1-8-6-9-7-15(2)12-10(13)4-3-5-11(12)16(9)14-8/h3-6H,7,13H2,1-2H3. The zero-order valence-corrected chi connectivity index (χ0v) is 9.44. The lowest BCUT2D eigenvalue weighted by Gasteiger charge is -2.29. The summed E-state index contributed by atoms with van der Waals surface area (Å²) in [6.07, 6.45) is 0. The fourth-order valence-corrected chi connectivity index (χ4v) is 2.33. The van der Waals surface area contributed by atoms with E-state index in [1.807, 2.05) is 23.7 Å². The molecule has 1 aliphatic rings. The van der Waals surface area contributed by atoms with Gasteiger partial charge in [-0.3, -0.25) is 0 Å². The number of hydrogen-bond donors (Lipinski definition) is 1. The van der Waals surface area contributed by atoms with Gasteiger partial charge in [0.15, 0.2) is 0 Å². The molecule has 3 rings (SSSR count). The van der Waals surface area contributed by atoms with E-state index in [0.29, 0.717) is 0 Å². The number of nitrogens with two attached hydrogens (primary N) is 1. The second-order valence-electron chi connectivity index (χ2n) is 4.26. The summed E-state index contributed by atoms with van der Waals surface area (Å²) < 4.78 is 1.99. The van der Waals surface area contributed by atoms with Gasteiger partial charge < -0.3 is 10.6 Å². The number of para-hydroxylation sites is 1. The minimum Gasteiger partial charge on any atom is -0.397 e. The molecule has 0 saturated heterocycles. The van der Waals surface area contributed by atoms with Crippen molar-refractivity contribution in [3.63, 3.8) is 0 Å². The predicted octanol–water partition coefficient (Wildman–Crippen LogP) is 1.71. The molecule has 2 heterocycles. The Labute approximate surface area is 94.3 Å². The van der Waals surface area contributed by atoms with Gasteiger partial charge in [-0.1, -0.05) is 6.07 Å². The summed E-state index contributed by atoms with van der Waals surface area (Å²) >= 11 is 0. The maximum absolute atomic E-state index is 6.01. The van der Waals surface area contributed by atoms with Crippen molar-refractivity contribution in [3.8, 4) is 5.69 Å². The van der Waals surface area contributed by atoms with Crippen molar-refractivity contribution in [2.45, 2.75) is 13.5 Å². The molecule has 0 spiro atoms. The van der Waals surface area contributed by atoms with Crippen molar-refractivity contribution < 1.29 is 0 Å². The SMILES string of the molecule is Cc1cc2n(n1)-c1cccc(N)c1N(C)C2. The summed E-state index contributed by atoms with van der Waals surface area (Å²) in [7, 11) is 2.06. The molecule has 0 saturated carbocycles. The minimum atomic E-state index is 0.804. The molecule has 1 aromatic carbocycles. The number of aromatic nitrogens is 2. The highest BCUT2D eigenvalue weighted by atomic mass is 15.3. The second-order valence-corrected chi connectivity index (χ2v) is 4.26. The van der Waals surface area contributed by atoms with Gasteiger partial charge in [0, 0.05) is 7.05 Å². The number of anilines is 2. The lowest BCUT2D eigenvalue weighted by Crippen LogP contribution is -2.26. The Bertz CT molecular complexity index is 556. The van der Waals surface area contributed by atoms with Crippen LogP contribution < -0.4 is 10.6 Å². The Hall–Kier alpha value is -1.97. The maximum atomic E-state index is 6.01. The summed E-state index contributed by atoms with van der Waals surface area (Å²) in [5.41, 5.74) is 11.2. The number of benzene rings is 1. The monoisotopic (exact) mass is 214 g/mol. The molecule has 82 valence electrons. The minimum absolute atomic E-state index is 0.804. The topological polar surface area (TPSA) is 47.1 Å². The molecule has 0 atom stereocenters. The van der Waals surface area contributed by atoms with Crippen molar-refractivity contribution in [1.29, 1.82) is 0 Å². The average Bonchev–Trinajstić information content (AvgIpc) is 2.58. The predicted molar refractivity (Wildman–Crippen MR) is 64.8 cm³/mol. The van der Waals surface area contributed by atoms with E-state index in [-0.39, 0.29) is 0 Å². The lowest BCUT2D eigenvalue weighted by atomic mass is 10.1. The van der Waals surface area contributed by atoms with Crippen molar-refractivity contribution in [2.75, 3.05) is 17.7 Å². The van der Waals surface area contributed by atoms with Crippen LogP contribution in [0.25, 0.3) is 5.69 Å². The largest absolute Gasteiger partial charge is 0.397 e. The maximum Gasteiger partial charge on any atom is 0.0904 e. The van der Waals surface area contributed by atoms with Crippen LogP contribution >= 0.6 is 0 Å². The number of nitrogen functional groups attached to an aromatic ring is 1. The Morgan fingerprint density at radius 1 is 1.38 bits per heavy atom. The number of hydrogen-bond acceptors (Lipinski definition) is 3. The normalized spacial score (nSPS) is 13.5. The van der Waals surface area contributed by atoms with Crippen LogP contribution in [0.3, 0.4) is 0 Å². The average molecular weight is 214 g/mol. The third-order valence-corrected chi connectivity index (χ3v) is 2.96. The van der Waals surface area contributed by atoms with E-state index in [9.17, 15) is 0 Å². The van der Waals surface area contributed by atoms with Gasteiger partial charge in [0.05, 0.1) is 35.0 Å². The van der Waals surface area contributed by atoms with E-state index < -0.39 is 0 Å². The van der Waals surface area contributed by atoms with E-state index >= 15 is 0 Å². The van der Waals surface area contributed by atoms with Crippen LogP contribution in [0.2, 0.25) is 0 Å². The van der Waals surface area contributed by atoms with Crippen molar-refractivity contribution in [1.82, 2.24) is 9.78 Å². The number of aryl methyl sites for hydroxylation is 1. The zero-order chi connectivity index (χ0) is 11.3. The Balaban J connectivity index is 2.32. The summed E-state index contributed by atoms with van der Waals surface area (Å²) in [6, 6.07) is 8.06. The summed E-state index contributed by atoms with van der Waals surface area (Å²) in [5.74, 6) is 0. The highest BCUT2D eigenvalue weighted by molar-refractivity contribution is 5.78. The highest BCUT2D eigenvalue weighted by Crippen LogP contribution is 2.35. The quantitative estimate of drug-likeness (QED) is 0.679. The second kappa shape index (κ2) is 3.01. The molecule has 0 amide bonds. The van der Waals surface area contributed by atoms with Gasteiger partial charge in [0.2, 0.25) is 0 Å². The molecular formula is C12H14N4. The molecular weight excluding hydrogens is 200 g/mol. The molecule has 0 unspecified atom stereocenters. The number of rotatable bonds is 0. The first-order chi connectivity index (χ1) is 7.66. The molecule has 0 aliphatic carbocycles. The van der Waals surface area contributed by atoms with E-state index in [2.05, 4.69) is 29.2 Å². The van der Waals surface area contributed by atoms with Gasteiger partial charge in [-0.2, -0.15) is 5.10 Å². The lowest BCUT2D eigenvalue weighted by molar-refractivity contribution is 0.737. The van der Waals surface area contributed by atoms with E-state index in [1.165, 1.54) is 5.69 Å². The van der Waals surface area contributed by atoms with Gasteiger partial charge in [0.25, 0.3) is 0 Å². The summed E-state index contributed by atoms with van der Waals surface area (Å²) in [6.45, 7) is 2.86. The van der Waals surface area contributed by atoms with Gasteiger partial charge in [-0.05, 0) is 25.1 Å². The fourth-order valence-electron chi connectivity index (χ4n) is 2.33. The van der Waals surface area contributed by atoms with Crippen LogP contribution in [0, 0.1) is 6.92 Å². The molecule has 1 aromatic heterocycles. The summed E-state index contributed by atoms with van der Waals surface area (Å²) in [5, 5.41) is 4.50. The van der Waals surface area contributed by atoms with Gasteiger partial charge in [-0.15, -0.1) is 0 Å². The van der Waals surface area contributed by atoms with Crippen LogP contribution in [0.5, 0.6) is 0 Å². The molecule has 2 aromatic rings. The van der Waals surface area contributed by atoms with Gasteiger partial charge in [0.1, 0.15) is 0 Å².